The van der Waals surface area contributed by atoms with Gasteiger partial charge in [-0.1, -0.05) is 48.3 Å². The largest absolute Gasteiger partial charge is 0.492 e. The molecule has 96 valence electrons. The van der Waals surface area contributed by atoms with Crippen molar-refractivity contribution < 1.29 is 4.74 Å². The fourth-order valence-corrected chi connectivity index (χ4v) is 2.52. The third-order valence-corrected chi connectivity index (χ3v) is 4.02. The average molecular weight is 338 g/mol. The summed E-state index contributed by atoms with van der Waals surface area (Å²) in [5.41, 5.74) is 0.181. The van der Waals surface area contributed by atoms with E-state index in [0.717, 1.165) is 16.0 Å². The molecule has 1 nitrogen and oxygen atoms in total. The zero-order valence-corrected chi connectivity index (χ0v) is 13.6. The van der Waals surface area contributed by atoms with Crippen LogP contribution in [0.25, 0.3) is 0 Å². The lowest BCUT2D eigenvalue weighted by Gasteiger charge is -2.29. The van der Waals surface area contributed by atoms with Crippen molar-refractivity contribution in [3.63, 3.8) is 0 Å². The lowest BCUT2D eigenvalue weighted by atomic mass is 9.82. The second-order valence-electron chi connectivity index (χ2n) is 5.13. The Labute approximate surface area is 122 Å². The van der Waals surface area contributed by atoms with E-state index in [2.05, 4.69) is 49.3 Å². The first kappa shape index (κ1) is 15.2. The zero-order chi connectivity index (χ0) is 13.1. The van der Waals surface area contributed by atoms with Gasteiger partial charge in [0.15, 0.2) is 0 Å². The summed E-state index contributed by atoms with van der Waals surface area (Å²) in [6.45, 7) is 7.21. The fraction of sp³-hybridized carbons (Fsp3) is 0.538. The van der Waals surface area contributed by atoms with Crippen molar-refractivity contribution in [2.75, 3.05) is 12.4 Å². The maximum absolute atomic E-state index is 6.07. The molecule has 1 aromatic rings. The molecule has 0 fully saturated rings. The molecule has 1 atom stereocenters. The molecule has 0 saturated heterocycles. The summed E-state index contributed by atoms with van der Waals surface area (Å²) < 4.78 is 6.75. The molecule has 1 unspecified atom stereocenters. The topological polar surface area (TPSA) is 9.23 Å². The summed E-state index contributed by atoms with van der Waals surface area (Å²) in [6, 6.07) is 5.61. The molecule has 0 aliphatic rings. The second-order valence-corrected chi connectivity index (χ2v) is 6.82. The lowest BCUT2D eigenvalue weighted by Crippen LogP contribution is -2.28. The minimum absolute atomic E-state index is 0.181. The summed E-state index contributed by atoms with van der Waals surface area (Å²) in [6.07, 6.45) is 0. The van der Waals surface area contributed by atoms with Crippen LogP contribution in [0.2, 0.25) is 5.02 Å². The Kier molecular flexibility index (Phi) is 5.68. The number of thiol groups is 1. The minimum atomic E-state index is 0.181. The van der Waals surface area contributed by atoms with E-state index in [0.29, 0.717) is 17.5 Å². The van der Waals surface area contributed by atoms with Gasteiger partial charge in [-0.05, 0) is 29.4 Å². The van der Waals surface area contributed by atoms with Gasteiger partial charge in [0.25, 0.3) is 0 Å². The lowest BCUT2D eigenvalue weighted by molar-refractivity contribution is 0.165. The number of ether oxygens (including phenoxy) is 1. The molecule has 0 saturated carbocycles. The molecule has 0 aromatic heterocycles. The van der Waals surface area contributed by atoms with E-state index in [1.165, 1.54) is 0 Å². The van der Waals surface area contributed by atoms with Crippen LogP contribution in [0, 0.1) is 11.3 Å². The van der Waals surface area contributed by atoms with E-state index in [4.69, 9.17) is 16.3 Å². The van der Waals surface area contributed by atoms with Gasteiger partial charge in [0, 0.05) is 10.4 Å². The van der Waals surface area contributed by atoms with Gasteiger partial charge in [-0.2, -0.15) is 12.6 Å². The number of halogens is 2. The molecule has 0 bridgehead atoms. The Bertz CT molecular complexity index is 376. The first-order chi connectivity index (χ1) is 7.84. The van der Waals surface area contributed by atoms with Gasteiger partial charge in [0.2, 0.25) is 0 Å². The highest BCUT2D eigenvalue weighted by molar-refractivity contribution is 9.10. The summed E-state index contributed by atoms with van der Waals surface area (Å²) >= 11 is 13.9. The Balaban J connectivity index is 2.69. The molecular weight excluding hydrogens is 320 g/mol. The minimum Gasteiger partial charge on any atom is -0.492 e. The molecule has 0 N–H and O–H groups in total. The standard InChI is InChI=1S/C13H18BrClOS/c1-13(2,3)9(8-17)7-16-12-6-10(14)4-5-11(12)15/h4-6,9,17H,7-8H2,1-3H3. The third-order valence-electron chi connectivity index (χ3n) is 2.78. The highest BCUT2D eigenvalue weighted by atomic mass is 79.9. The molecule has 1 rings (SSSR count). The normalized spacial score (nSPS) is 13.5. The van der Waals surface area contributed by atoms with Gasteiger partial charge in [-0.15, -0.1) is 0 Å². The molecule has 4 heteroatoms. The van der Waals surface area contributed by atoms with Crippen LogP contribution in [0.3, 0.4) is 0 Å². The molecule has 1 aromatic carbocycles. The molecule has 0 amide bonds. The molecule has 0 spiro atoms. The molecule has 0 aliphatic heterocycles. The van der Waals surface area contributed by atoms with E-state index < -0.39 is 0 Å². The SMILES string of the molecule is CC(C)(C)C(CS)COc1cc(Br)ccc1Cl. The van der Waals surface area contributed by atoms with Crippen molar-refractivity contribution in [1.82, 2.24) is 0 Å². The van der Waals surface area contributed by atoms with E-state index in [1.54, 1.807) is 0 Å². The average Bonchev–Trinajstić information content (AvgIpc) is 2.22. The monoisotopic (exact) mass is 336 g/mol. The molecule has 0 radical (unpaired) electrons. The summed E-state index contributed by atoms with van der Waals surface area (Å²) in [4.78, 5) is 0. The maximum atomic E-state index is 6.07. The summed E-state index contributed by atoms with van der Waals surface area (Å²) in [5.74, 6) is 1.91. The van der Waals surface area contributed by atoms with Crippen LogP contribution in [0.4, 0.5) is 0 Å². The van der Waals surface area contributed by atoms with E-state index in [1.807, 2.05) is 18.2 Å². The molecule has 0 aliphatic carbocycles. The van der Waals surface area contributed by atoms with Gasteiger partial charge in [0.05, 0.1) is 11.6 Å². The van der Waals surface area contributed by atoms with Gasteiger partial charge in [-0.25, -0.2) is 0 Å². The first-order valence-electron chi connectivity index (χ1n) is 5.53. The smallest absolute Gasteiger partial charge is 0.139 e. The fourth-order valence-electron chi connectivity index (χ4n) is 1.35. The Morgan fingerprint density at radius 2 is 2.06 bits per heavy atom. The van der Waals surface area contributed by atoms with Gasteiger partial charge >= 0.3 is 0 Å². The quantitative estimate of drug-likeness (QED) is 0.754. The van der Waals surface area contributed by atoms with Crippen LogP contribution in [0.5, 0.6) is 5.75 Å². The Morgan fingerprint density at radius 1 is 1.41 bits per heavy atom. The van der Waals surface area contributed by atoms with Crippen molar-refractivity contribution in [3.05, 3.63) is 27.7 Å². The first-order valence-corrected chi connectivity index (χ1v) is 7.33. The predicted molar refractivity (Wildman–Crippen MR) is 81.4 cm³/mol. The second kappa shape index (κ2) is 6.35. The summed E-state index contributed by atoms with van der Waals surface area (Å²) in [5, 5.41) is 0.639. The van der Waals surface area contributed by atoms with Crippen LogP contribution in [-0.2, 0) is 0 Å². The predicted octanol–water partition coefficient (Wildman–Crippen LogP) is 5.07. The number of hydrogen-bond acceptors (Lipinski definition) is 2. The van der Waals surface area contributed by atoms with E-state index in [9.17, 15) is 0 Å². The zero-order valence-electron chi connectivity index (χ0n) is 10.3. The van der Waals surface area contributed by atoms with E-state index >= 15 is 0 Å². The van der Waals surface area contributed by atoms with Crippen LogP contribution in [0.15, 0.2) is 22.7 Å². The Hall–Kier alpha value is 0.140. The van der Waals surface area contributed by atoms with Crippen molar-refractivity contribution in [3.8, 4) is 5.75 Å². The van der Waals surface area contributed by atoms with Gasteiger partial charge in [0.1, 0.15) is 5.75 Å². The van der Waals surface area contributed by atoms with Crippen LogP contribution in [0.1, 0.15) is 20.8 Å². The van der Waals surface area contributed by atoms with Gasteiger partial charge in [-0.3, -0.25) is 0 Å². The number of benzene rings is 1. The van der Waals surface area contributed by atoms with E-state index in [-0.39, 0.29) is 5.41 Å². The molecule has 0 heterocycles. The highest BCUT2D eigenvalue weighted by Gasteiger charge is 2.24. The van der Waals surface area contributed by atoms with Crippen molar-refractivity contribution in [1.29, 1.82) is 0 Å². The number of rotatable bonds is 4. The van der Waals surface area contributed by atoms with Crippen LogP contribution in [-0.4, -0.2) is 12.4 Å². The summed E-state index contributed by atoms with van der Waals surface area (Å²) in [7, 11) is 0. The highest BCUT2D eigenvalue weighted by Crippen LogP contribution is 2.31. The van der Waals surface area contributed by atoms with Crippen LogP contribution < -0.4 is 4.74 Å². The molecule has 17 heavy (non-hydrogen) atoms. The Morgan fingerprint density at radius 3 is 2.59 bits per heavy atom. The molecular formula is C13H18BrClOS. The third kappa shape index (κ3) is 4.72. The van der Waals surface area contributed by atoms with Crippen molar-refractivity contribution in [2.45, 2.75) is 20.8 Å². The van der Waals surface area contributed by atoms with Crippen molar-refractivity contribution >= 4 is 40.2 Å². The maximum Gasteiger partial charge on any atom is 0.139 e. The van der Waals surface area contributed by atoms with Crippen LogP contribution >= 0.6 is 40.2 Å². The number of hydrogen-bond donors (Lipinski definition) is 1. The van der Waals surface area contributed by atoms with Crippen molar-refractivity contribution in [2.24, 2.45) is 11.3 Å². The van der Waals surface area contributed by atoms with Gasteiger partial charge < -0.3 is 4.74 Å².